The molecule has 0 fully saturated rings. The fourth-order valence-corrected chi connectivity index (χ4v) is 5.73. The minimum absolute atomic E-state index is 0.0317. The van der Waals surface area contributed by atoms with Gasteiger partial charge in [-0.1, -0.05) is 25.1 Å². The number of aromatic hydroxyl groups is 1. The highest BCUT2D eigenvalue weighted by atomic mass is 19.1. The largest absolute Gasteiger partial charge is 0.505 e. The smallest absolute Gasteiger partial charge is 0.425 e. The molecule has 0 aliphatic carbocycles. The van der Waals surface area contributed by atoms with Gasteiger partial charge in [0.15, 0.2) is 17.4 Å². The molecule has 14 heteroatoms. The van der Waals surface area contributed by atoms with Crippen LogP contribution in [0.5, 0.6) is 5.75 Å². The van der Waals surface area contributed by atoms with Crippen LogP contribution in [0.1, 0.15) is 61.9 Å². The Morgan fingerprint density at radius 1 is 1.12 bits per heavy atom. The first-order valence-corrected chi connectivity index (χ1v) is 15.7. The molecule has 4 bridgehead atoms. The van der Waals surface area contributed by atoms with Gasteiger partial charge in [-0.2, -0.15) is 4.90 Å². The molecule has 0 spiro atoms. The van der Waals surface area contributed by atoms with Crippen molar-refractivity contribution in [3.63, 3.8) is 0 Å². The summed E-state index contributed by atoms with van der Waals surface area (Å²) in [5, 5.41) is 27.0. The highest BCUT2D eigenvalue weighted by molar-refractivity contribution is 6.13. The van der Waals surface area contributed by atoms with Gasteiger partial charge in [0.1, 0.15) is 11.6 Å². The Kier molecular flexibility index (Phi) is 9.84. The number of hydrogen-bond acceptors (Lipinski definition) is 9. The normalized spacial score (nSPS) is 16.8. The number of pyridine rings is 1. The van der Waals surface area contributed by atoms with Gasteiger partial charge in [-0.15, -0.1) is 0 Å². The fourth-order valence-electron chi connectivity index (χ4n) is 5.73. The quantitative estimate of drug-likeness (QED) is 0.160. The SMILES string of the molecule is Cc1cc2ccc1[C@@H](C)COC(=O)Nc1cc(F)c(O)c(c1)CN(C)C(=O)[C@@H]2Nc1ccc2c(N(C(=O)O)C(=O)OC(C)(C)C)nccc2c1. The van der Waals surface area contributed by atoms with Gasteiger partial charge in [0.05, 0.1) is 6.61 Å². The Morgan fingerprint density at radius 2 is 1.86 bits per heavy atom. The van der Waals surface area contributed by atoms with Gasteiger partial charge in [0.2, 0.25) is 5.91 Å². The van der Waals surface area contributed by atoms with Crippen molar-refractivity contribution in [3.8, 4) is 5.75 Å². The van der Waals surface area contributed by atoms with Gasteiger partial charge in [0, 0.05) is 54.1 Å². The maximum absolute atomic E-state index is 14.7. The molecule has 6 rings (SSSR count). The van der Waals surface area contributed by atoms with E-state index in [4.69, 9.17) is 9.47 Å². The van der Waals surface area contributed by atoms with Crippen molar-refractivity contribution >= 4 is 52.2 Å². The second-order valence-corrected chi connectivity index (χ2v) is 13.1. The van der Waals surface area contributed by atoms with Gasteiger partial charge < -0.3 is 29.9 Å². The first kappa shape index (κ1) is 35.4. The maximum Gasteiger partial charge on any atom is 0.425 e. The topological polar surface area (TPSA) is 171 Å². The molecule has 262 valence electrons. The molecule has 50 heavy (non-hydrogen) atoms. The lowest BCUT2D eigenvalue weighted by molar-refractivity contribution is -0.131. The number of carbonyl (C=O) groups excluding carboxylic acids is 3. The standard InChI is InChI=1S/C36H38FN5O8/c1-19-13-22-7-9-26(19)20(2)18-49-33(45)40-25-15-23(30(43)28(37)16-25)17-41(6)32(44)29(22)39-24-8-10-27-21(14-24)11-12-38-31(27)42(34(46)47)35(48)50-36(3,4)5/h7-16,20,29,39,43H,17-18H2,1-6H3,(H,40,45)(H,46,47)/t20-,29+/m0/s1. The van der Waals surface area contributed by atoms with Crippen LogP contribution >= 0.6 is 0 Å². The van der Waals surface area contributed by atoms with E-state index in [0.717, 1.165) is 17.2 Å². The van der Waals surface area contributed by atoms with Gasteiger partial charge in [-0.3, -0.25) is 10.1 Å². The number of anilines is 3. The Morgan fingerprint density at radius 3 is 2.54 bits per heavy atom. The minimum atomic E-state index is -1.57. The fraction of sp³-hybridized carbons (Fsp3) is 0.306. The molecule has 0 radical (unpaired) electrons. The molecule has 2 aliphatic heterocycles. The Labute approximate surface area is 287 Å². The summed E-state index contributed by atoms with van der Waals surface area (Å²) in [6.45, 7) is 8.45. The van der Waals surface area contributed by atoms with Crippen molar-refractivity contribution in [2.75, 3.05) is 29.2 Å². The van der Waals surface area contributed by atoms with Crippen LogP contribution in [0.3, 0.4) is 0 Å². The molecule has 4 amide bonds. The van der Waals surface area contributed by atoms with E-state index in [-0.39, 0.29) is 36.1 Å². The second kappa shape index (κ2) is 13.9. The van der Waals surface area contributed by atoms with Crippen LogP contribution < -0.4 is 15.5 Å². The van der Waals surface area contributed by atoms with Gasteiger partial charge in [-0.05, 0) is 80.1 Å². The lowest BCUT2D eigenvalue weighted by atomic mass is 9.93. The first-order chi connectivity index (χ1) is 23.5. The summed E-state index contributed by atoms with van der Waals surface area (Å²) >= 11 is 0. The Bertz CT molecular complexity index is 2000. The highest BCUT2D eigenvalue weighted by Gasteiger charge is 2.32. The number of likely N-dealkylation sites (N-methyl/N-ethyl adjacent to an activating group) is 1. The monoisotopic (exact) mass is 687 g/mol. The van der Waals surface area contributed by atoms with E-state index in [9.17, 15) is 33.8 Å². The number of nitrogens with one attached hydrogen (secondary N) is 2. The number of aromatic nitrogens is 1. The van der Waals surface area contributed by atoms with Crippen LogP contribution in [0.25, 0.3) is 10.8 Å². The molecule has 0 saturated carbocycles. The van der Waals surface area contributed by atoms with Crippen molar-refractivity contribution < 1.29 is 43.3 Å². The minimum Gasteiger partial charge on any atom is -0.505 e. The summed E-state index contributed by atoms with van der Waals surface area (Å²) in [6.07, 6.45) is -2.10. The third-order valence-electron chi connectivity index (χ3n) is 8.08. The zero-order chi connectivity index (χ0) is 36.5. The van der Waals surface area contributed by atoms with E-state index in [1.807, 2.05) is 26.0 Å². The molecule has 4 aromatic rings. The van der Waals surface area contributed by atoms with Crippen LogP contribution in [0.4, 0.5) is 36.0 Å². The molecule has 2 atom stereocenters. The van der Waals surface area contributed by atoms with E-state index in [1.165, 1.54) is 24.2 Å². The summed E-state index contributed by atoms with van der Waals surface area (Å²) in [6, 6.07) is 13.4. The van der Waals surface area contributed by atoms with Crippen molar-refractivity contribution in [2.45, 2.75) is 58.7 Å². The number of ether oxygens (including phenoxy) is 2. The van der Waals surface area contributed by atoms with Crippen molar-refractivity contribution in [2.24, 2.45) is 0 Å². The Hall–Kier alpha value is -5.92. The van der Waals surface area contributed by atoms with E-state index in [1.54, 1.807) is 51.1 Å². The van der Waals surface area contributed by atoms with Gasteiger partial charge in [-0.25, -0.2) is 23.8 Å². The number of hydrogen-bond donors (Lipinski definition) is 4. The number of aryl methyl sites for hydroxylation is 1. The molecule has 4 N–H and O–H groups in total. The number of fused-ring (bicyclic) bond motifs is 10. The number of nitrogens with zero attached hydrogens (tertiary/aromatic N) is 3. The number of carbonyl (C=O) groups is 4. The predicted octanol–water partition coefficient (Wildman–Crippen LogP) is 7.28. The highest BCUT2D eigenvalue weighted by Crippen LogP contribution is 2.33. The van der Waals surface area contributed by atoms with E-state index in [0.29, 0.717) is 26.9 Å². The van der Waals surface area contributed by atoms with Crippen LogP contribution in [-0.4, -0.2) is 63.5 Å². The van der Waals surface area contributed by atoms with Crippen LogP contribution in [0, 0.1) is 12.7 Å². The number of carboxylic acid groups (broad SMARTS) is 1. The summed E-state index contributed by atoms with van der Waals surface area (Å²) in [5.41, 5.74) is 1.98. The molecular weight excluding hydrogens is 649 g/mol. The molecule has 1 aromatic heterocycles. The summed E-state index contributed by atoms with van der Waals surface area (Å²) in [4.78, 5) is 57.7. The summed E-state index contributed by atoms with van der Waals surface area (Å²) in [5.74, 6) is -2.43. The number of phenols is 1. The molecule has 2 aliphatic rings. The average Bonchev–Trinajstić information content (AvgIpc) is 3.03. The first-order valence-electron chi connectivity index (χ1n) is 15.7. The van der Waals surface area contributed by atoms with Gasteiger partial charge >= 0.3 is 18.3 Å². The number of imide groups is 1. The zero-order valence-electron chi connectivity index (χ0n) is 28.4. The predicted molar refractivity (Wildman–Crippen MR) is 184 cm³/mol. The van der Waals surface area contributed by atoms with E-state index < -0.39 is 47.4 Å². The van der Waals surface area contributed by atoms with E-state index in [2.05, 4.69) is 15.6 Å². The number of phenolic OH excluding ortho intramolecular Hbond substituents is 1. The molecule has 0 saturated heterocycles. The number of halogens is 1. The molecule has 0 unspecified atom stereocenters. The summed E-state index contributed by atoms with van der Waals surface area (Å²) in [7, 11) is 1.50. The van der Waals surface area contributed by atoms with Crippen LogP contribution in [0.15, 0.2) is 60.8 Å². The zero-order valence-corrected chi connectivity index (χ0v) is 28.4. The Balaban J connectivity index is 1.55. The third-order valence-corrected chi connectivity index (χ3v) is 8.08. The molecule has 3 aromatic carbocycles. The maximum atomic E-state index is 14.7. The van der Waals surface area contributed by atoms with Gasteiger partial charge in [0.25, 0.3) is 0 Å². The lowest BCUT2D eigenvalue weighted by Crippen LogP contribution is -2.40. The molecular formula is C36H38FN5O8. The second-order valence-electron chi connectivity index (χ2n) is 13.1. The lowest BCUT2D eigenvalue weighted by Gasteiger charge is -2.27. The molecule has 13 nitrogen and oxygen atoms in total. The van der Waals surface area contributed by atoms with E-state index >= 15 is 0 Å². The van der Waals surface area contributed by atoms with Crippen molar-refractivity contribution in [3.05, 3.63) is 88.9 Å². The number of rotatable bonds is 3. The van der Waals surface area contributed by atoms with Crippen molar-refractivity contribution in [1.29, 1.82) is 0 Å². The number of amides is 4. The van der Waals surface area contributed by atoms with Crippen LogP contribution in [0.2, 0.25) is 0 Å². The third kappa shape index (κ3) is 7.69. The average molecular weight is 688 g/mol. The summed E-state index contributed by atoms with van der Waals surface area (Å²) < 4.78 is 25.4. The van der Waals surface area contributed by atoms with Crippen LogP contribution in [-0.2, 0) is 20.8 Å². The number of benzene rings is 3. The van der Waals surface area contributed by atoms with Crippen molar-refractivity contribution in [1.82, 2.24) is 9.88 Å². The molecule has 3 heterocycles.